The number of carbonyl (C=O) groups excluding carboxylic acids is 2. The van der Waals surface area contributed by atoms with Gasteiger partial charge in [0.25, 0.3) is 0 Å². The van der Waals surface area contributed by atoms with E-state index in [1.165, 1.54) is 11.1 Å². The monoisotopic (exact) mass is 551 g/mol. The van der Waals surface area contributed by atoms with Gasteiger partial charge in [0.2, 0.25) is 0 Å². The molecule has 0 radical (unpaired) electrons. The van der Waals surface area contributed by atoms with Crippen molar-refractivity contribution < 1.29 is 14.3 Å². The molecule has 208 valence electrons. The Balaban J connectivity index is 1.45. The van der Waals surface area contributed by atoms with Crippen LogP contribution in [0.4, 0.5) is 5.69 Å². The molecule has 1 heterocycles. The molecule has 0 saturated heterocycles. The number of para-hydroxylation sites is 1. The minimum Gasteiger partial charge on any atom is -0.497 e. The molecule has 4 aromatic carbocycles. The van der Waals surface area contributed by atoms with Gasteiger partial charge in [0.05, 0.1) is 7.11 Å². The van der Waals surface area contributed by atoms with E-state index in [1.54, 1.807) is 7.11 Å². The first-order chi connectivity index (χ1) is 20.6. The topological polar surface area (TPSA) is 46.6 Å². The zero-order valence-corrected chi connectivity index (χ0v) is 23.7. The molecule has 0 spiro atoms. The third-order valence-corrected chi connectivity index (χ3v) is 9.09. The normalized spacial score (nSPS) is 22.1. The van der Waals surface area contributed by atoms with Gasteiger partial charge in [-0.3, -0.25) is 9.59 Å². The van der Waals surface area contributed by atoms with Crippen molar-refractivity contribution in [2.45, 2.75) is 43.4 Å². The predicted molar refractivity (Wildman–Crippen MR) is 166 cm³/mol. The van der Waals surface area contributed by atoms with Gasteiger partial charge in [-0.25, -0.2) is 0 Å². The first-order valence-electron chi connectivity index (χ1n) is 14.7. The van der Waals surface area contributed by atoms with E-state index in [0.717, 1.165) is 52.4 Å². The molecule has 0 saturated carbocycles. The largest absolute Gasteiger partial charge is 0.497 e. The molecule has 2 unspecified atom stereocenters. The molecule has 7 rings (SSSR count). The molecule has 0 bridgehead atoms. The van der Waals surface area contributed by atoms with Gasteiger partial charge in [-0.05, 0) is 65.6 Å². The van der Waals surface area contributed by atoms with Crippen LogP contribution in [0.2, 0.25) is 0 Å². The second-order valence-corrected chi connectivity index (χ2v) is 11.5. The lowest BCUT2D eigenvalue weighted by Gasteiger charge is -2.46. The second-order valence-electron chi connectivity index (χ2n) is 11.5. The number of hydrogen-bond acceptors (Lipinski definition) is 4. The van der Waals surface area contributed by atoms with Crippen LogP contribution in [0.1, 0.15) is 60.1 Å². The number of carbonyl (C=O) groups is 2. The quantitative estimate of drug-likeness (QED) is 0.251. The summed E-state index contributed by atoms with van der Waals surface area (Å²) in [6.07, 6.45) is 2.32. The number of anilines is 1. The highest BCUT2D eigenvalue weighted by Gasteiger charge is 2.47. The van der Waals surface area contributed by atoms with E-state index < -0.39 is 5.92 Å². The number of nitrogens with zero attached hydrogens (tertiary/aromatic N) is 1. The molecule has 0 amide bonds. The number of ether oxygens (including phenoxy) is 1. The maximum absolute atomic E-state index is 14.3. The maximum atomic E-state index is 14.3. The van der Waals surface area contributed by atoms with Crippen molar-refractivity contribution in [2.75, 3.05) is 12.0 Å². The molecule has 3 aliphatic rings. The van der Waals surface area contributed by atoms with Gasteiger partial charge >= 0.3 is 0 Å². The van der Waals surface area contributed by atoms with Crippen molar-refractivity contribution in [1.29, 1.82) is 0 Å². The zero-order valence-electron chi connectivity index (χ0n) is 23.7. The first kappa shape index (κ1) is 26.2. The number of hydrogen-bond donors (Lipinski definition) is 0. The number of rotatable bonds is 5. The van der Waals surface area contributed by atoms with Gasteiger partial charge in [0.1, 0.15) is 5.75 Å². The van der Waals surface area contributed by atoms with Crippen molar-refractivity contribution in [3.05, 3.63) is 154 Å². The maximum Gasteiger partial charge on any atom is 0.162 e. The summed E-state index contributed by atoms with van der Waals surface area (Å²) < 4.78 is 5.45. The van der Waals surface area contributed by atoms with Crippen LogP contribution in [-0.4, -0.2) is 18.7 Å². The second kappa shape index (κ2) is 10.9. The highest BCUT2D eigenvalue weighted by atomic mass is 16.5. The fraction of sp³-hybridized carbons (Fsp3) is 0.211. The summed E-state index contributed by atoms with van der Waals surface area (Å²) in [5, 5.41) is 0. The fourth-order valence-corrected chi connectivity index (χ4v) is 7.15. The molecule has 0 aromatic heterocycles. The van der Waals surface area contributed by atoms with E-state index in [2.05, 4.69) is 41.3 Å². The minimum absolute atomic E-state index is 0.0755. The van der Waals surface area contributed by atoms with E-state index in [4.69, 9.17) is 4.74 Å². The molecular weight excluding hydrogens is 518 g/mol. The number of Topliss-reactive ketones (excluding diaryl/α,β-unsaturated/α-hetero) is 2. The molecule has 0 N–H and O–H groups in total. The van der Waals surface area contributed by atoms with Gasteiger partial charge < -0.3 is 9.64 Å². The van der Waals surface area contributed by atoms with Crippen LogP contribution in [0, 0.1) is 0 Å². The number of ketones is 2. The average Bonchev–Trinajstić information content (AvgIpc) is 3.05. The van der Waals surface area contributed by atoms with Crippen LogP contribution in [0.25, 0.3) is 0 Å². The number of allylic oxidation sites excluding steroid dienone is 4. The van der Waals surface area contributed by atoms with Gasteiger partial charge in [0.15, 0.2) is 11.6 Å². The Morgan fingerprint density at radius 3 is 1.45 bits per heavy atom. The molecule has 1 aliphatic heterocycles. The fourth-order valence-electron chi connectivity index (χ4n) is 7.15. The van der Waals surface area contributed by atoms with Gasteiger partial charge in [0, 0.05) is 47.0 Å². The number of benzene rings is 4. The van der Waals surface area contributed by atoms with Crippen LogP contribution in [-0.2, 0) is 9.59 Å². The van der Waals surface area contributed by atoms with E-state index in [9.17, 15) is 9.59 Å². The van der Waals surface area contributed by atoms with Gasteiger partial charge in [-0.1, -0.05) is 91.0 Å². The Labute approximate surface area is 247 Å². The van der Waals surface area contributed by atoms with Crippen molar-refractivity contribution in [3.63, 3.8) is 0 Å². The van der Waals surface area contributed by atoms with Crippen molar-refractivity contribution in [2.24, 2.45) is 0 Å². The smallest absolute Gasteiger partial charge is 0.162 e. The summed E-state index contributed by atoms with van der Waals surface area (Å²) in [6, 6.07) is 38.9. The Morgan fingerprint density at radius 2 is 1.00 bits per heavy atom. The standard InChI is InChI=1S/C38H33NO3/c1-42-31-19-17-27(18-20-31)36-37-32(21-28(23-34(37)40)25-11-5-2-6-12-25)39(30-15-9-4-10-16-30)33-22-29(24-35(41)38(33)36)26-13-7-3-8-14-26/h2-20,28-29,36H,21-24H2,1H3. The first-order valence-corrected chi connectivity index (χ1v) is 14.7. The molecule has 42 heavy (non-hydrogen) atoms. The van der Waals surface area contributed by atoms with Gasteiger partial charge in [-0.15, -0.1) is 0 Å². The van der Waals surface area contributed by atoms with E-state index in [-0.39, 0.29) is 23.4 Å². The lowest BCUT2D eigenvalue weighted by Crippen LogP contribution is -2.41. The molecular formula is C38H33NO3. The SMILES string of the molecule is COc1ccc(C2C3=C(CC(c4ccccc4)CC3=O)N(c3ccccc3)C3=C2C(=O)CC(c2ccccc2)C3)cc1. The molecule has 2 atom stereocenters. The van der Waals surface area contributed by atoms with Crippen LogP contribution in [0.3, 0.4) is 0 Å². The Morgan fingerprint density at radius 1 is 0.548 bits per heavy atom. The molecule has 2 aliphatic carbocycles. The zero-order chi connectivity index (χ0) is 28.6. The lowest BCUT2D eigenvalue weighted by atomic mass is 9.66. The van der Waals surface area contributed by atoms with Gasteiger partial charge in [-0.2, -0.15) is 0 Å². The van der Waals surface area contributed by atoms with Crippen LogP contribution >= 0.6 is 0 Å². The molecule has 0 fully saturated rings. The average molecular weight is 552 g/mol. The van der Waals surface area contributed by atoms with E-state index >= 15 is 0 Å². The van der Waals surface area contributed by atoms with Crippen molar-refractivity contribution in [3.8, 4) is 5.75 Å². The van der Waals surface area contributed by atoms with Crippen LogP contribution < -0.4 is 9.64 Å². The molecule has 4 aromatic rings. The third-order valence-electron chi connectivity index (χ3n) is 9.09. The summed E-state index contributed by atoms with van der Waals surface area (Å²) in [7, 11) is 1.65. The van der Waals surface area contributed by atoms with E-state index in [0.29, 0.717) is 12.8 Å². The summed E-state index contributed by atoms with van der Waals surface area (Å²) in [5.74, 6) is 0.752. The highest BCUT2D eigenvalue weighted by Crippen LogP contribution is 2.54. The van der Waals surface area contributed by atoms with Crippen molar-refractivity contribution >= 4 is 17.3 Å². The number of methoxy groups -OCH3 is 1. The third kappa shape index (κ3) is 4.57. The summed E-state index contributed by atoms with van der Waals surface area (Å²) in [4.78, 5) is 30.9. The Bertz CT molecular complexity index is 1600. The van der Waals surface area contributed by atoms with Crippen LogP contribution in [0.15, 0.2) is 138 Å². The minimum atomic E-state index is -0.394. The summed E-state index contributed by atoms with van der Waals surface area (Å²) in [5.41, 5.74) is 7.87. The lowest BCUT2D eigenvalue weighted by molar-refractivity contribution is -0.117. The van der Waals surface area contributed by atoms with E-state index in [1.807, 2.05) is 78.9 Å². The predicted octanol–water partition coefficient (Wildman–Crippen LogP) is 8.10. The van der Waals surface area contributed by atoms with Crippen molar-refractivity contribution in [1.82, 2.24) is 0 Å². The summed E-state index contributed by atoms with van der Waals surface area (Å²) in [6.45, 7) is 0. The van der Waals surface area contributed by atoms with Crippen LogP contribution in [0.5, 0.6) is 5.75 Å². The molecule has 4 heteroatoms. The summed E-state index contributed by atoms with van der Waals surface area (Å²) >= 11 is 0. The Kier molecular flexibility index (Phi) is 6.83. The highest BCUT2D eigenvalue weighted by molar-refractivity contribution is 6.08. The molecule has 4 nitrogen and oxygen atoms in total. The Hall–Kier alpha value is -4.70.